The molecule has 0 N–H and O–H groups in total. The Balaban J connectivity index is -0.000000180. The zero-order chi connectivity index (χ0) is 5.70. The van der Waals surface area contributed by atoms with Gasteiger partial charge in [0.1, 0.15) is 0 Å². The summed E-state index contributed by atoms with van der Waals surface area (Å²) in [5.74, 6) is 2.26. The van der Waals surface area contributed by atoms with Gasteiger partial charge in [-0.15, -0.1) is 0 Å². The molecule has 46 valence electrons. The standard InChI is InChI=1S/C6H6Br.BrH.Mg/c1-3-4-5-6(2)7;;/h2,4-5H2;1H;/q-1;;+2/p-1. The van der Waals surface area contributed by atoms with Crippen molar-refractivity contribution in [3.63, 3.8) is 0 Å². The van der Waals surface area contributed by atoms with Crippen molar-refractivity contribution >= 4 is 39.0 Å². The van der Waals surface area contributed by atoms with Gasteiger partial charge in [0.15, 0.2) is 0 Å². The summed E-state index contributed by atoms with van der Waals surface area (Å²) in [5, 5.41) is 0. The van der Waals surface area contributed by atoms with Crippen molar-refractivity contribution < 1.29 is 17.0 Å². The van der Waals surface area contributed by atoms with E-state index in [9.17, 15) is 0 Å². The molecule has 0 aliphatic rings. The molecule has 0 unspecified atom stereocenters. The molecule has 0 bridgehead atoms. The molecule has 0 saturated carbocycles. The van der Waals surface area contributed by atoms with E-state index in [0.29, 0.717) is 6.42 Å². The fourth-order valence-electron chi connectivity index (χ4n) is 0.198. The second-order valence-corrected chi connectivity index (χ2v) is 2.32. The second kappa shape index (κ2) is 11.8. The third-order valence-electron chi connectivity index (χ3n) is 0.521. The van der Waals surface area contributed by atoms with Crippen LogP contribution in [0.1, 0.15) is 12.8 Å². The minimum atomic E-state index is 0. The molecular formula is C6H6Br2Mg. The molecule has 0 aliphatic carbocycles. The zero-order valence-electron chi connectivity index (χ0n) is 5.08. The number of rotatable bonds is 2. The molecule has 0 aliphatic heterocycles. The Morgan fingerprint density at radius 3 is 2.22 bits per heavy atom. The van der Waals surface area contributed by atoms with Crippen LogP contribution in [0.3, 0.4) is 0 Å². The SMILES string of the molecule is [Br-].[C-]#CCCC(=C)Br.[Mg+2]. The van der Waals surface area contributed by atoms with E-state index in [4.69, 9.17) is 6.42 Å². The van der Waals surface area contributed by atoms with Crippen molar-refractivity contribution in [3.8, 4) is 5.92 Å². The van der Waals surface area contributed by atoms with Gasteiger partial charge in [0, 0.05) is 0 Å². The first-order valence-corrected chi connectivity index (χ1v) is 2.79. The molecule has 0 radical (unpaired) electrons. The Morgan fingerprint density at radius 1 is 1.67 bits per heavy atom. The van der Waals surface area contributed by atoms with E-state index < -0.39 is 0 Å². The van der Waals surface area contributed by atoms with Crippen LogP contribution in [-0.2, 0) is 0 Å². The summed E-state index contributed by atoms with van der Waals surface area (Å²) in [6, 6.07) is 0. The molecule has 0 saturated heterocycles. The van der Waals surface area contributed by atoms with Crippen LogP contribution >= 0.6 is 15.9 Å². The van der Waals surface area contributed by atoms with Gasteiger partial charge in [-0.2, -0.15) is 0 Å². The summed E-state index contributed by atoms with van der Waals surface area (Å²) >= 11 is 3.16. The molecule has 0 amide bonds. The van der Waals surface area contributed by atoms with E-state index in [0.717, 1.165) is 10.9 Å². The Labute approximate surface area is 91.5 Å². The summed E-state index contributed by atoms with van der Waals surface area (Å²) in [4.78, 5) is 0. The van der Waals surface area contributed by atoms with Gasteiger partial charge >= 0.3 is 23.1 Å². The smallest absolute Gasteiger partial charge is 1.00 e. The van der Waals surface area contributed by atoms with Crippen molar-refractivity contribution in [2.24, 2.45) is 0 Å². The molecule has 0 aromatic heterocycles. The Bertz CT molecular complexity index is 104. The van der Waals surface area contributed by atoms with Crippen molar-refractivity contribution in [3.05, 3.63) is 17.5 Å². The fraction of sp³-hybridized carbons (Fsp3) is 0.333. The van der Waals surface area contributed by atoms with Crippen molar-refractivity contribution in [2.45, 2.75) is 12.8 Å². The summed E-state index contributed by atoms with van der Waals surface area (Å²) in [5.41, 5.74) is 0. The van der Waals surface area contributed by atoms with Gasteiger partial charge in [-0.1, -0.05) is 22.5 Å². The molecule has 3 heteroatoms. The second-order valence-electron chi connectivity index (χ2n) is 1.19. The van der Waals surface area contributed by atoms with Crippen LogP contribution in [0.2, 0.25) is 0 Å². The first-order valence-electron chi connectivity index (χ1n) is 2.00. The van der Waals surface area contributed by atoms with Crippen molar-refractivity contribution in [2.75, 3.05) is 0 Å². The third-order valence-corrected chi connectivity index (χ3v) is 0.918. The largest absolute Gasteiger partial charge is 2.00 e. The molecule has 0 spiro atoms. The van der Waals surface area contributed by atoms with Gasteiger partial charge in [-0.3, -0.25) is 0 Å². The zero-order valence-corrected chi connectivity index (χ0v) is 9.67. The summed E-state index contributed by atoms with van der Waals surface area (Å²) in [6.45, 7) is 3.59. The summed E-state index contributed by atoms with van der Waals surface area (Å²) in [7, 11) is 0. The van der Waals surface area contributed by atoms with Crippen LogP contribution in [-0.4, -0.2) is 23.1 Å². The quantitative estimate of drug-likeness (QED) is 0.336. The van der Waals surface area contributed by atoms with Gasteiger partial charge in [0.2, 0.25) is 0 Å². The molecule has 0 nitrogen and oxygen atoms in total. The van der Waals surface area contributed by atoms with Gasteiger partial charge in [-0.05, 0) is 17.3 Å². The molecule has 0 heterocycles. The maximum atomic E-state index is 6.48. The predicted octanol–water partition coefficient (Wildman–Crippen LogP) is -1.11. The number of halogens is 2. The van der Waals surface area contributed by atoms with E-state index in [1.165, 1.54) is 0 Å². The van der Waals surface area contributed by atoms with Crippen LogP contribution in [0.5, 0.6) is 0 Å². The fourth-order valence-corrected chi connectivity index (χ4v) is 0.396. The minimum Gasteiger partial charge on any atom is -1.00 e. The van der Waals surface area contributed by atoms with Crippen LogP contribution in [0.25, 0.3) is 0 Å². The maximum absolute atomic E-state index is 6.48. The molecule has 0 aromatic carbocycles. The van der Waals surface area contributed by atoms with Crippen LogP contribution in [0.15, 0.2) is 11.1 Å². The summed E-state index contributed by atoms with van der Waals surface area (Å²) in [6.07, 6.45) is 7.98. The third kappa shape index (κ3) is 17.6. The molecule has 0 fully saturated rings. The van der Waals surface area contributed by atoms with Crippen LogP contribution < -0.4 is 17.0 Å². The molecule has 0 aromatic rings. The molecule has 0 atom stereocenters. The molecular weight excluding hydrogens is 256 g/mol. The van der Waals surface area contributed by atoms with Crippen molar-refractivity contribution in [1.82, 2.24) is 0 Å². The van der Waals surface area contributed by atoms with Gasteiger partial charge in [0.05, 0.1) is 0 Å². The van der Waals surface area contributed by atoms with Gasteiger partial charge in [-0.25, -0.2) is 0 Å². The van der Waals surface area contributed by atoms with Crippen molar-refractivity contribution in [1.29, 1.82) is 0 Å². The van der Waals surface area contributed by atoms with E-state index in [-0.39, 0.29) is 40.0 Å². The van der Waals surface area contributed by atoms with E-state index in [2.05, 4.69) is 28.4 Å². The van der Waals surface area contributed by atoms with Crippen LogP contribution in [0.4, 0.5) is 0 Å². The first-order chi connectivity index (χ1) is 3.27. The summed E-state index contributed by atoms with van der Waals surface area (Å²) < 4.78 is 0.937. The van der Waals surface area contributed by atoms with Crippen LogP contribution in [0, 0.1) is 12.3 Å². The topological polar surface area (TPSA) is 0 Å². The normalized spacial score (nSPS) is 5.78. The average molecular weight is 262 g/mol. The number of hydrogen-bond acceptors (Lipinski definition) is 0. The van der Waals surface area contributed by atoms with Gasteiger partial charge in [0.25, 0.3) is 0 Å². The Kier molecular flexibility index (Phi) is 21.7. The van der Waals surface area contributed by atoms with E-state index in [1.54, 1.807) is 0 Å². The Hall–Kier alpha value is 1.03. The maximum Gasteiger partial charge on any atom is 2.00 e. The van der Waals surface area contributed by atoms with E-state index in [1.807, 2.05) is 0 Å². The first kappa shape index (κ1) is 16.5. The Morgan fingerprint density at radius 2 is 2.11 bits per heavy atom. The number of hydrogen-bond donors (Lipinski definition) is 0. The molecule has 9 heavy (non-hydrogen) atoms. The monoisotopic (exact) mass is 260 g/mol. The number of allylic oxidation sites excluding steroid dienone is 1. The predicted molar refractivity (Wildman–Crippen MR) is 40.2 cm³/mol. The van der Waals surface area contributed by atoms with Gasteiger partial charge < -0.3 is 29.3 Å². The average Bonchev–Trinajstić information content (AvgIpc) is 1.61. The minimum absolute atomic E-state index is 0. The van der Waals surface area contributed by atoms with E-state index >= 15 is 0 Å². The molecule has 0 rings (SSSR count).